The van der Waals surface area contributed by atoms with Gasteiger partial charge in [0.05, 0.1) is 24.5 Å². The monoisotopic (exact) mass is 562 g/mol. The van der Waals surface area contributed by atoms with E-state index < -0.39 is 22.0 Å². The number of carbonyl (C=O) groups is 1. The number of nitrogens with one attached hydrogen (secondary N) is 1. The number of benzene rings is 3. The Bertz CT molecular complexity index is 1300. The van der Waals surface area contributed by atoms with E-state index >= 15 is 0 Å². The summed E-state index contributed by atoms with van der Waals surface area (Å²) in [6, 6.07) is 22.0. The molecule has 7 nitrogen and oxygen atoms in total. The Morgan fingerprint density at radius 1 is 1.05 bits per heavy atom. The van der Waals surface area contributed by atoms with E-state index in [-0.39, 0.29) is 30.5 Å². The molecule has 0 aliphatic carbocycles. The lowest BCUT2D eigenvalue weighted by Gasteiger charge is -2.22. The second-order valence-corrected chi connectivity index (χ2v) is 12.5. The van der Waals surface area contributed by atoms with Crippen molar-refractivity contribution in [1.29, 1.82) is 0 Å². The van der Waals surface area contributed by atoms with Gasteiger partial charge >= 0.3 is 0 Å². The molecule has 0 saturated heterocycles. The molecule has 0 heterocycles. The average Bonchev–Trinajstić information content (AvgIpc) is 2.85. The van der Waals surface area contributed by atoms with E-state index in [1.54, 1.807) is 36.4 Å². The fourth-order valence-electron chi connectivity index (χ4n) is 3.54. The molecule has 0 spiro atoms. The lowest BCUT2D eigenvalue weighted by molar-refractivity contribution is -0.0577. The summed E-state index contributed by atoms with van der Waals surface area (Å²) in [6.07, 6.45) is 0.125. The Kier molecular flexibility index (Phi) is 10.6. The van der Waals surface area contributed by atoms with Crippen LogP contribution in [0.25, 0.3) is 11.1 Å². The Hall–Kier alpha value is -2.40. The van der Waals surface area contributed by atoms with Crippen LogP contribution in [-0.2, 0) is 14.9 Å². The molecule has 1 atom stereocenters. The molecule has 3 rings (SSSR count). The van der Waals surface area contributed by atoms with Crippen LogP contribution in [0.4, 0.5) is 0 Å². The van der Waals surface area contributed by atoms with Crippen LogP contribution >= 0.6 is 23.4 Å². The maximum atomic E-state index is 13.4. The molecule has 2 N–H and O–H groups in total. The molecule has 37 heavy (non-hydrogen) atoms. The van der Waals surface area contributed by atoms with Gasteiger partial charge in [0, 0.05) is 28.3 Å². The number of hydrogen-bond acceptors (Lipinski definition) is 7. The van der Waals surface area contributed by atoms with Crippen molar-refractivity contribution < 1.29 is 23.2 Å². The Balaban J connectivity index is 1.70. The smallest absolute Gasteiger partial charge is 0.293 e. The largest absolute Gasteiger partial charge is 0.387 e. The number of carbonyl (C=O) groups excluding carboxylic acids is 1. The van der Waals surface area contributed by atoms with Crippen molar-refractivity contribution in [3.63, 3.8) is 0 Å². The second-order valence-electron chi connectivity index (χ2n) is 8.65. The van der Waals surface area contributed by atoms with E-state index in [0.29, 0.717) is 20.0 Å². The summed E-state index contributed by atoms with van der Waals surface area (Å²) in [6.45, 7) is 4.31. The third kappa shape index (κ3) is 8.56. The van der Waals surface area contributed by atoms with Gasteiger partial charge in [-0.15, -0.1) is 16.2 Å². The molecule has 198 valence electrons. The normalized spacial score (nSPS) is 12.5. The molecule has 0 bridgehead atoms. The molecule has 0 saturated carbocycles. The minimum absolute atomic E-state index is 0.101. The first-order chi connectivity index (χ1) is 17.6. The average molecular weight is 563 g/mol. The predicted octanol–water partition coefficient (Wildman–Crippen LogP) is 5.16. The first kappa shape index (κ1) is 29.2. The van der Waals surface area contributed by atoms with Crippen molar-refractivity contribution in [2.45, 2.75) is 30.1 Å². The number of amides is 1. The van der Waals surface area contributed by atoms with E-state index in [1.165, 1.54) is 11.8 Å². The highest BCUT2D eigenvalue weighted by Crippen LogP contribution is 2.32. The van der Waals surface area contributed by atoms with Crippen molar-refractivity contribution in [2.75, 3.05) is 26.0 Å². The number of aliphatic hydroxyl groups excluding tert-OH is 1. The summed E-state index contributed by atoms with van der Waals surface area (Å²) < 4.78 is 25.3. The van der Waals surface area contributed by atoms with Gasteiger partial charge in [-0.2, -0.15) is 0 Å². The van der Waals surface area contributed by atoms with Crippen molar-refractivity contribution >= 4 is 39.3 Å². The zero-order valence-corrected chi connectivity index (χ0v) is 23.3. The summed E-state index contributed by atoms with van der Waals surface area (Å²) >= 11 is 7.44. The first-order valence-electron chi connectivity index (χ1n) is 11.7. The number of hydroxylamine groups is 1. The van der Waals surface area contributed by atoms with Crippen molar-refractivity contribution in [1.82, 2.24) is 9.79 Å². The molecule has 0 aliphatic heterocycles. The second kappa shape index (κ2) is 13.4. The molecule has 3 aromatic rings. The summed E-state index contributed by atoms with van der Waals surface area (Å²) in [5.74, 6) is -0.760. The zero-order valence-electron chi connectivity index (χ0n) is 20.9. The highest BCUT2D eigenvalue weighted by Gasteiger charge is 2.28. The fourth-order valence-corrected chi connectivity index (χ4v) is 5.38. The van der Waals surface area contributed by atoms with Crippen LogP contribution in [0.3, 0.4) is 0 Å². The Morgan fingerprint density at radius 2 is 1.78 bits per heavy atom. The van der Waals surface area contributed by atoms with Crippen LogP contribution < -0.4 is 5.32 Å². The number of nitrogens with zero attached hydrogens (tertiary/aromatic N) is 1. The van der Waals surface area contributed by atoms with Gasteiger partial charge in [0.1, 0.15) is 0 Å². The van der Waals surface area contributed by atoms with Gasteiger partial charge in [-0.1, -0.05) is 74.0 Å². The van der Waals surface area contributed by atoms with Gasteiger partial charge in [-0.05, 0) is 41.0 Å². The van der Waals surface area contributed by atoms with E-state index in [0.717, 1.165) is 17.4 Å². The number of aliphatic hydroxyl groups is 1. The van der Waals surface area contributed by atoms with Crippen LogP contribution in [0.5, 0.6) is 0 Å². The molecule has 0 aliphatic rings. The summed E-state index contributed by atoms with van der Waals surface area (Å²) in [5.41, 5.74) is 2.82. The van der Waals surface area contributed by atoms with Crippen LogP contribution in [-0.4, -0.2) is 55.1 Å². The molecular formula is C27H31ClN2O5S2. The lowest BCUT2D eigenvalue weighted by atomic mass is 10.0. The van der Waals surface area contributed by atoms with Gasteiger partial charge in [-0.3, -0.25) is 9.63 Å². The van der Waals surface area contributed by atoms with Crippen LogP contribution in [0.2, 0.25) is 5.02 Å². The molecule has 0 fully saturated rings. The SMILES string of the molecule is CC(C)Sc1cc(-c2ccccc2)ccc1C(=O)N(OCCNC[C@H](O)c1cccc(Cl)c1)S(C)(=O)=O. The fraction of sp³-hybridized carbons (Fsp3) is 0.296. The third-order valence-electron chi connectivity index (χ3n) is 5.21. The highest BCUT2D eigenvalue weighted by atomic mass is 35.5. The van der Waals surface area contributed by atoms with Gasteiger partial charge in [0.15, 0.2) is 0 Å². The van der Waals surface area contributed by atoms with Crippen LogP contribution in [0.15, 0.2) is 77.7 Å². The Morgan fingerprint density at radius 3 is 2.43 bits per heavy atom. The van der Waals surface area contributed by atoms with Crippen molar-refractivity contribution in [2.24, 2.45) is 0 Å². The Labute approximate surface area is 227 Å². The summed E-state index contributed by atoms with van der Waals surface area (Å²) in [7, 11) is -4.01. The molecular weight excluding hydrogens is 532 g/mol. The van der Waals surface area contributed by atoms with Crippen LogP contribution in [0.1, 0.15) is 35.9 Å². The topological polar surface area (TPSA) is 95.9 Å². The quantitative estimate of drug-likeness (QED) is 0.179. The number of sulfonamides is 1. The van der Waals surface area contributed by atoms with E-state index in [9.17, 15) is 18.3 Å². The zero-order chi connectivity index (χ0) is 27.0. The van der Waals surface area contributed by atoms with Gasteiger partial charge in [0.25, 0.3) is 15.9 Å². The molecule has 1 amide bonds. The molecule has 0 radical (unpaired) electrons. The van der Waals surface area contributed by atoms with Gasteiger partial charge in [0.2, 0.25) is 0 Å². The van der Waals surface area contributed by atoms with Gasteiger partial charge < -0.3 is 10.4 Å². The molecule has 0 unspecified atom stereocenters. The van der Waals surface area contributed by atoms with Crippen LogP contribution in [0, 0.1) is 0 Å². The number of rotatable bonds is 12. The molecule has 3 aromatic carbocycles. The first-order valence-corrected chi connectivity index (χ1v) is 14.8. The maximum absolute atomic E-state index is 13.4. The maximum Gasteiger partial charge on any atom is 0.293 e. The standard InChI is InChI=1S/C27H31ClN2O5S2/c1-19(2)36-26-17-21(20-8-5-4-6-9-20)12-13-24(26)27(32)30(37(3,33)34)35-15-14-29-18-25(31)22-10-7-11-23(28)16-22/h4-13,16-17,19,25,29,31H,14-15,18H2,1-3H3/t25-/m0/s1. The third-order valence-corrected chi connectivity index (χ3v) is 7.38. The number of thioether (sulfide) groups is 1. The lowest BCUT2D eigenvalue weighted by Crippen LogP contribution is -2.38. The van der Waals surface area contributed by atoms with E-state index in [1.807, 2.05) is 50.2 Å². The van der Waals surface area contributed by atoms with E-state index in [2.05, 4.69) is 5.32 Å². The van der Waals surface area contributed by atoms with E-state index in [4.69, 9.17) is 16.4 Å². The minimum Gasteiger partial charge on any atom is -0.387 e. The summed E-state index contributed by atoms with van der Waals surface area (Å²) in [5, 5.41) is 14.0. The minimum atomic E-state index is -4.01. The highest BCUT2D eigenvalue weighted by molar-refractivity contribution is 8.00. The van der Waals surface area contributed by atoms with Gasteiger partial charge in [-0.25, -0.2) is 8.42 Å². The van der Waals surface area contributed by atoms with Crippen molar-refractivity contribution in [3.8, 4) is 11.1 Å². The number of halogens is 1. The molecule has 10 heteroatoms. The number of hydrogen-bond donors (Lipinski definition) is 2. The van der Waals surface area contributed by atoms with Crippen molar-refractivity contribution in [3.05, 3.63) is 88.9 Å². The predicted molar refractivity (Wildman–Crippen MR) is 149 cm³/mol. The summed E-state index contributed by atoms with van der Waals surface area (Å²) in [4.78, 5) is 19.5. The molecule has 0 aromatic heterocycles.